The maximum Gasteiger partial charge on any atom is 0.416 e. The number of halogens is 5. The van der Waals surface area contributed by atoms with E-state index in [1.54, 1.807) is 6.07 Å². The Morgan fingerprint density at radius 1 is 1.39 bits per heavy atom. The number of hydrogen-bond donors (Lipinski definition) is 1. The monoisotopic (exact) mass is 265 g/mol. The molecule has 0 saturated heterocycles. The molecule has 1 aromatic rings. The average molecular weight is 265 g/mol. The van der Waals surface area contributed by atoms with Gasteiger partial charge in [0, 0.05) is 12.1 Å². The van der Waals surface area contributed by atoms with E-state index in [0.717, 1.165) is 0 Å². The predicted octanol–water partition coefficient (Wildman–Crippen LogP) is 2.56. The Kier molecular flexibility index (Phi) is 4.19. The van der Waals surface area contributed by atoms with Crippen LogP contribution in [0.5, 0.6) is 0 Å². The third-order valence-corrected chi connectivity index (χ3v) is 2.19. The highest BCUT2D eigenvalue weighted by Gasteiger charge is 2.36. The van der Waals surface area contributed by atoms with E-state index in [0.29, 0.717) is 6.07 Å². The van der Waals surface area contributed by atoms with Crippen LogP contribution in [0, 0.1) is 11.3 Å². The molecule has 2 N–H and O–H groups in total. The third kappa shape index (κ3) is 2.92. The molecular weight excluding hydrogens is 257 g/mol. The second-order valence-corrected chi connectivity index (χ2v) is 3.36. The van der Waals surface area contributed by atoms with Crippen LogP contribution in [-0.4, -0.2) is 4.98 Å². The number of pyridine rings is 1. The molecule has 0 aromatic carbocycles. The van der Waals surface area contributed by atoms with Crippen molar-refractivity contribution in [3.05, 3.63) is 28.6 Å². The van der Waals surface area contributed by atoms with Gasteiger partial charge in [-0.2, -0.15) is 18.4 Å². The lowest BCUT2D eigenvalue weighted by Gasteiger charge is -2.16. The normalized spacial score (nSPS) is 11.7. The van der Waals surface area contributed by atoms with E-state index in [2.05, 4.69) is 4.98 Å². The Morgan fingerprint density at radius 3 is 2.39 bits per heavy atom. The Hall–Kier alpha value is -1.75. The standard InChI is InChI=1S/C10H8F5N3/c11-9(12)8-6(4-17)7(10(13,14)15)3-5(18-8)1-2-16/h3,9H,1,4,17H2. The van der Waals surface area contributed by atoms with Crippen LogP contribution in [0.4, 0.5) is 22.0 Å². The van der Waals surface area contributed by atoms with Crippen molar-refractivity contribution in [3.8, 4) is 6.07 Å². The molecule has 3 nitrogen and oxygen atoms in total. The number of nitrogens with two attached hydrogens (primary N) is 1. The molecule has 98 valence electrons. The van der Waals surface area contributed by atoms with Gasteiger partial charge >= 0.3 is 6.18 Å². The van der Waals surface area contributed by atoms with Crippen molar-refractivity contribution in [1.82, 2.24) is 4.98 Å². The first kappa shape index (κ1) is 14.3. The smallest absolute Gasteiger partial charge is 0.326 e. The molecule has 0 bridgehead atoms. The SMILES string of the molecule is N#CCc1cc(C(F)(F)F)c(CN)c(C(F)F)n1. The summed E-state index contributed by atoms with van der Waals surface area (Å²) in [6.07, 6.45) is -8.47. The number of rotatable bonds is 3. The topological polar surface area (TPSA) is 62.7 Å². The Bertz CT molecular complexity index is 476. The number of alkyl halides is 5. The minimum atomic E-state index is -4.81. The molecule has 0 fully saturated rings. The maximum atomic E-state index is 12.7. The van der Waals surface area contributed by atoms with Gasteiger partial charge in [0.15, 0.2) is 0 Å². The van der Waals surface area contributed by atoms with Crippen molar-refractivity contribution >= 4 is 0 Å². The molecule has 0 amide bonds. The first-order valence-corrected chi connectivity index (χ1v) is 4.76. The fourth-order valence-corrected chi connectivity index (χ4v) is 1.47. The largest absolute Gasteiger partial charge is 0.416 e. The van der Waals surface area contributed by atoms with Crippen LogP contribution in [-0.2, 0) is 19.1 Å². The molecule has 8 heteroatoms. The van der Waals surface area contributed by atoms with Crippen molar-refractivity contribution in [2.75, 3.05) is 0 Å². The van der Waals surface area contributed by atoms with Crippen LogP contribution in [0.1, 0.15) is 28.9 Å². The zero-order valence-electron chi connectivity index (χ0n) is 8.93. The van der Waals surface area contributed by atoms with Gasteiger partial charge < -0.3 is 5.73 Å². The summed E-state index contributed by atoms with van der Waals surface area (Å²) in [6.45, 7) is -0.700. The van der Waals surface area contributed by atoms with Crippen molar-refractivity contribution in [2.24, 2.45) is 5.73 Å². The summed E-state index contributed by atoms with van der Waals surface area (Å²) in [5, 5.41) is 8.39. The van der Waals surface area contributed by atoms with Crippen LogP contribution in [0.3, 0.4) is 0 Å². The molecule has 0 atom stereocenters. The van der Waals surface area contributed by atoms with Crippen molar-refractivity contribution < 1.29 is 22.0 Å². The third-order valence-electron chi connectivity index (χ3n) is 2.19. The van der Waals surface area contributed by atoms with Gasteiger partial charge in [-0.15, -0.1) is 0 Å². The Balaban J connectivity index is 3.52. The molecule has 0 aliphatic carbocycles. The van der Waals surface area contributed by atoms with Gasteiger partial charge in [0.1, 0.15) is 5.69 Å². The van der Waals surface area contributed by atoms with Gasteiger partial charge in [-0.25, -0.2) is 8.78 Å². The average Bonchev–Trinajstić information content (AvgIpc) is 2.27. The molecule has 0 aliphatic heterocycles. The van der Waals surface area contributed by atoms with Gasteiger partial charge in [-0.05, 0) is 6.07 Å². The number of aromatic nitrogens is 1. The number of nitriles is 1. The summed E-state index contributed by atoms with van der Waals surface area (Å²) < 4.78 is 63.3. The van der Waals surface area contributed by atoms with E-state index < -0.39 is 42.4 Å². The Morgan fingerprint density at radius 2 is 2.00 bits per heavy atom. The quantitative estimate of drug-likeness (QED) is 0.854. The zero-order chi connectivity index (χ0) is 13.9. The molecule has 0 aliphatic rings. The fourth-order valence-electron chi connectivity index (χ4n) is 1.47. The lowest BCUT2D eigenvalue weighted by molar-refractivity contribution is -0.138. The summed E-state index contributed by atoms with van der Waals surface area (Å²) in [7, 11) is 0. The van der Waals surface area contributed by atoms with E-state index in [9.17, 15) is 22.0 Å². The van der Waals surface area contributed by atoms with Gasteiger partial charge in [0.2, 0.25) is 0 Å². The zero-order valence-corrected chi connectivity index (χ0v) is 8.93. The lowest BCUT2D eigenvalue weighted by Crippen LogP contribution is -2.17. The molecule has 0 unspecified atom stereocenters. The second-order valence-electron chi connectivity index (χ2n) is 3.36. The summed E-state index contributed by atoms with van der Waals surface area (Å²) >= 11 is 0. The van der Waals surface area contributed by atoms with Crippen LogP contribution >= 0.6 is 0 Å². The van der Waals surface area contributed by atoms with E-state index in [4.69, 9.17) is 11.0 Å². The highest BCUT2D eigenvalue weighted by Crippen LogP contribution is 2.35. The first-order valence-electron chi connectivity index (χ1n) is 4.76. The number of nitrogens with zero attached hydrogens (tertiary/aromatic N) is 2. The van der Waals surface area contributed by atoms with Gasteiger partial charge in [0.25, 0.3) is 6.43 Å². The van der Waals surface area contributed by atoms with Gasteiger partial charge in [0.05, 0.1) is 23.7 Å². The molecule has 0 spiro atoms. The van der Waals surface area contributed by atoms with Crippen molar-refractivity contribution in [2.45, 2.75) is 25.6 Å². The fraction of sp³-hybridized carbons (Fsp3) is 0.400. The maximum absolute atomic E-state index is 12.7. The molecule has 18 heavy (non-hydrogen) atoms. The van der Waals surface area contributed by atoms with Gasteiger partial charge in [-0.1, -0.05) is 0 Å². The Labute approximate surface area is 99.0 Å². The van der Waals surface area contributed by atoms with Crippen LogP contribution in [0.25, 0.3) is 0 Å². The van der Waals surface area contributed by atoms with Crippen molar-refractivity contribution in [3.63, 3.8) is 0 Å². The highest BCUT2D eigenvalue weighted by molar-refractivity contribution is 5.36. The molecule has 0 saturated carbocycles. The van der Waals surface area contributed by atoms with Crippen LogP contribution in [0.15, 0.2) is 6.07 Å². The minimum absolute atomic E-state index is 0.350. The predicted molar refractivity (Wildman–Crippen MR) is 51.4 cm³/mol. The summed E-state index contributed by atoms with van der Waals surface area (Å²) in [6, 6.07) is 2.14. The number of hydrogen-bond acceptors (Lipinski definition) is 3. The molecule has 1 heterocycles. The molecular formula is C10H8F5N3. The molecule has 1 aromatic heterocycles. The van der Waals surface area contributed by atoms with E-state index >= 15 is 0 Å². The highest BCUT2D eigenvalue weighted by atomic mass is 19.4. The van der Waals surface area contributed by atoms with Gasteiger partial charge in [-0.3, -0.25) is 4.98 Å². The second kappa shape index (κ2) is 5.27. The van der Waals surface area contributed by atoms with Crippen molar-refractivity contribution in [1.29, 1.82) is 5.26 Å². The molecule has 1 rings (SSSR count). The summed E-state index contributed by atoms with van der Waals surface area (Å²) in [5.74, 6) is 0. The van der Waals surface area contributed by atoms with Crippen LogP contribution in [0.2, 0.25) is 0 Å². The molecule has 0 radical (unpaired) electrons. The van der Waals surface area contributed by atoms with E-state index in [1.165, 1.54) is 0 Å². The van der Waals surface area contributed by atoms with E-state index in [-0.39, 0.29) is 5.69 Å². The van der Waals surface area contributed by atoms with Crippen LogP contribution < -0.4 is 5.73 Å². The minimum Gasteiger partial charge on any atom is -0.326 e. The lowest BCUT2D eigenvalue weighted by atomic mass is 10.0. The summed E-state index contributed by atoms with van der Waals surface area (Å²) in [5.41, 5.74) is 1.71. The van der Waals surface area contributed by atoms with E-state index in [1.807, 2.05) is 0 Å². The first-order chi connectivity index (χ1) is 8.31. The summed E-state index contributed by atoms with van der Waals surface area (Å²) in [4.78, 5) is 3.35.